The molecule has 0 aliphatic rings. The van der Waals surface area contributed by atoms with Gasteiger partial charge in [-0.1, -0.05) is 29.8 Å². The molecule has 0 heterocycles. The van der Waals surface area contributed by atoms with E-state index < -0.39 is 0 Å². The molecule has 0 bridgehead atoms. The average Bonchev–Trinajstić information content (AvgIpc) is 2.15. The van der Waals surface area contributed by atoms with E-state index in [0.717, 1.165) is 17.9 Å². The van der Waals surface area contributed by atoms with E-state index >= 15 is 0 Å². The average molecular weight is 196 g/mol. The van der Waals surface area contributed by atoms with Gasteiger partial charge in [0.05, 0.1) is 0 Å². The molecule has 0 radical (unpaired) electrons. The first kappa shape index (κ1) is 10.6. The second-order valence-corrected chi connectivity index (χ2v) is 4.22. The van der Waals surface area contributed by atoms with Crippen molar-refractivity contribution in [2.45, 2.75) is 19.1 Å². The van der Waals surface area contributed by atoms with Crippen molar-refractivity contribution in [1.29, 1.82) is 0 Å². The molecule has 0 atom stereocenters. The number of aliphatic hydroxyl groups is 1. The smallest absolute Gasteiger partial charge is 0.0438 e. The number of hydrogen-bond acceptors (Lipinski definition) is 2. The van der Waals surface area contributed by atoms with Crippen LogP contribution in [-0.2, 0) is 5.75 Å². The SMILES string of the molecule is Cc1ccc(CSCCCO)cc1. The van der Waals surface area contributed by atoms with Crippen LogP contribution in [-0.4, -0.2) is 17.5 Å². The van der Waals surface area contributed by atoms with Crippen LogP contribution >= 0.6 is 11.8 Å². The van der Waals surface area contributed by atoms with Gasteiger partial charge in [-0.25, -0.2) is 0 Å². The van der Waals surface area contributed by atoms with Gasteiger partial charge in [0, 0.05) is 12.4 Å². The minimum Gasteiger partial charge on any atom is -0.396 e. The molecule has 1 rings (SSSR count). The first-order chi connectivity index (χ1) is 6.33. The van der Waals surface area contributed by atoms with Crippen LogP contribution in [0.3, 0.4) is 0 Å². The lowest BCUT2D eigenvalue weighted by molar-refractivity contribution is 0.296. The van der Waals surface area contributed by atoms with Gasteiger partial charge in [0.15, 0.2) is 0 Å². The van der Waals surface area contributed by atoms with Crippen LogP contribution in [0.2, 0.25) is 0 Å². The fourth-order valence-electron chi connectivity index (χ4n) is 1.04. The van der Waals surface area contributed by atoms with E-state index in [4.69, 9.17) is 5.11 Å². The molecule has 1 aromatic rings. The van der Waals surface area contributed by atoms with Crippen LogP contribution in [0.1, 0.15) is 17.5 Å². The predicted octanol–water partition coefficient (Wildman–Crippen LogP) is 2.61. The molecule has 0 unspecified atom stereocenters. The molecule has 0 saturated heterocycles. The van der Waals surface area contributed by atoms with Crippen molar-refractivity contribution in [1.82, 2.24) is 0 Å². The van der Waals surface area contributed by atoms with Gasteiger partial charge in [-0.15, -0.1) is 0 Å². The number of hydrogen-bond donors (Lipinski definition) is 1. The van der Waals surface area contributed by atoms with Gasteiger partial charge in [-0.3, -0.25) is 0 Å². The normalized spacial score (nSPS) is 10.3. The van der Waals surface area contributed by atoms with Crippen LogP contribution in [0.5, 0.6) is 0 Å². The molecule has 0 aliphatic carbocycles. The molecule has 1 nitrogen and oxygen atoms in total. The standard InChI is InChI=1S/C11H16OS/c1-10-3-5-11(6-4-10)9-13-8-2-7-12/h3-6,12H,2,7-9H2,1H3. The minimum atomic E-state index is 0.306. The van der Waals surface area contributed by atoms with Gasteiger partial charge in [0.25, 0.3) is 0 Å². The summed E-state index contributed by atoms with van der Waals surface area (Å²) < 4.78 is 0. The highest BCUT2D eigenvalue weighted by Gasteiger charge is 1.92. The molecular formula is C11H16OS. The van der Waals surface area contributed by atoms with Gasteiger partial charge in [-0.05, 0) is 24.7 Å². The Morgan fingerprint density at radius 2 is 1.92 bits per heavy atom. The number of thioether (sulfide) groups is 1. The zero-order valence-corrected chi connectivity index (χ0v) is 8.81. The van der Waals surface area contributed by atoms with Gasteiger partial charge in [0.2, 0.25) is 0 Å². The number of aliphatic hydroxyl groups excluding tert-OH is 1. The Hall–Kier alpha value is -0.470. The van der Waals surface area contributed by atoms with Crippen molar-refractivity contribution in [3.63, 3.8) is 0 Å². The molecular weight excluding hydrogens is 180 g/mol. The summed E-state index contributed by atoms with van der Waals surface area (Å²) in [6.07, 6.45) is 0.899. The molecule has 0 amide bonds. The van der Waals surface area contributed by atoms with Gasteiger partial charge < -0.3 is 5.11 Å². The second-order valence-electron chi connectivity index (χ2n) is 3.12. The van der Waals surface area contributed by atoms with Crippen molar-refractivity contribution in [2.24, 2.45) is 0 Å². The van der Waals surface area contributed by atoms with Gasteiger partial charge >= 0.3 is 0 Å². The highest BCUT2D eigenvalue weighted by atomic mass is 32.2. The highest BCUT2D eigenvalue weighted by molar-refractivity contribution is 7.98. The Morgan fingerprint density at radius 3 is 2.54 bits per heavy atom. The van der Waals surface area contributed by atoms with Gasteiger partial charge in [0.1, 0.15) is 0 Å². The summed E-state index contributed by atoms with van der Waals surface area (Å²) in [6.45, 7) is 2.41. The minimum absolute atomic E-state index is 0.306. The van der Waals surface area contributed by atoms with E-state index in [2.05, 4.69) is 31.2 Å². The maximum Gasteiger partial charge on any atom is 0.0438 e. The first-order valence-electron chi connectivity index (χ1n) is 4.57. The largest absolute Gasteiger partial charge is 0.396 e. The molecule has 13 heavy (non-hydrogen) atoms. The van der Waals surface area contributed by atoms with E-state index in [-0.39, 0.29) is 0 Å². The van der Waals surface area contributed by atoms with E-state index in [1.165, 1.54) is 11.1 Å². The number of benzene rings is 1. The maximum atomic E-state index is 8.59. The Kier molecular flexibility index (Phi) is 4.94. The van der Waals surface area contributed by atoms with Crippen molar-refractivity contribution >= 4 is 11.8 Å². The molecule has 72 valence electrons. The van der Waals surface area contributed by atoms with Crippen molar-refractivity contribution < 1.29 is 5.11 Å². The Labute approximate surface area is 84.2 Å². The fraction of sp³-hybridized carbons (Fsp3) is 0.455. The Bertz CT molecular complexity index is 230. The molecule has 0 spiro atoms. The summed E-state index contributed by atoms with van der Waals surface area (Å²) in [5.74, 6) is 2.10. The van der Waals surface area contributed by atoms with E-state index in [9.17, 15) is 0 Å². The van der Waals surface area contributed by atoms with Gasteiger partial charge in [-0.2, -0.15) is 11.8 Å². The molecule has 1 aromatic carbocycles. The topological polar surface area (TPSA) is 20.2 Å². The summed E-state index contributed by atoms with van der Waals surface area (Å²) in [5, 5.41) is 8.59. The molecule has 2 heteroatoms. The van der Waals surface area contributed by atoms with Crippen molar-refractivity contribution in [3.8, 4) is 0 Å². The van der Waals surface area contributed by atoms with Crippen LogP contribution in [0, 0.1) is 6.92 Å². The van der Waals surface area contributed by atoms with Crippen LogP contribution in [0.4, 0.5) is 0 Å². The van der Waals surface area contributed by atoms with Crippen LogP contribution < -0.4 is 0 Å². The Balaban J connectivity index is 2.25. The zero-order valence-electron chi connectivity index (χ0n) is 7.99. The summed E-state index contributed by atoms with van der Waals surface area (Å²) >= 11 is 1.88. The monoisotopic (exact) mass is 196 g/mol. The molecule has 0 aliphatic heterocycles. The second kappa shape index (κ2) is 6.06. The van der Waals surface area contributed by atoms with Crippen LogP contribution in [0.25, 0.3) is 0 Å². The Morgan fingerprint density at radius 1 is 1.23 bits per heavy atom. The van der Waals surface area contributed by atoms with Crippen LogP contribution in [0.15, 0.2) is 24.3 Å². The summed E-state index contributed by atoms with van der Waals surface area (Å²) in [5.41, 5.74) is 2.68. The zero-order chi connectivity index (χ0) is 9.52. The summed E-state index contributed by atoms with van der Waals surface area (Å²) in [7, 11) is 0. The number of rotatable bonds is 5. The third kappa shape index (κ3) is 4.34. The fourth-order valence-corrected chi connectivity index (χ4v) is 1.95. The molecule has 0 saturated carbocycles. The lowest BCUT2D eigenvalue weighted by Crippen LogP contribution is -1.87. The quantitative estimate of drug-likeness (QED) is 0.730. The molecule has 1 N–H and O–H groups in total. The molecule has 0 aromatic heterocycles. The number of aryl methyl sites for hydroxylation is 1. The highest BCUT2D eigenvalue weighted by Crippen LogP contribution is 2.13. The van der Waals surface area contributed by atoms with Crippen molar-refractivity contribution in [3.05, 3.63) is 35.4 Å². The summed E-state index contributed by atoms with van der Waals surface area (Å²) in [6, 6.07) is 8.62. The lowest BCUT2D eigenvalue weighted by Gasteiger charge is -2.01. The summed E-state index contributed by atoms with van der Waals surface area (Å²) in [4.78, 5) is 0. The predicted molar refractivity (Wildman–Crippen MR) is 59.0 cm³/mol. The van der Waals surface area contributed by atoms with Crippen molar-refractivity contribution in [2.75, 3.05) is 12.4 Å². The molecule has 0 fully saturated rings. The van der Waals surface area contributed by atoms with E-state index in [1.54, 1.807) is 0 Å². The lowest BCUT2D eigenvalue weighted by atomic mass is 10.2. The first-order valence-corrected chi connectivity index (χ1v) is 5.72. The van der Waals surface area contributed by atoms with E-state index in [1.807, 2.05) is 11.8 Å². The maximum absolute atomic E-state index is 8.59. The third-order valence-electron chi connectivity index (χ3n) is 1.84. The third-order valence-corrected chi connectivity index (χ3v) is 2.95. The van der Waals surface area contributed by atoms with E-state index in [0.29, 0.717) is 6.61 Å².